The molecule has 2 nitrogen and oxygen atoms in total. The molecular formula is C9H10N2S. The molecule has 0 saturated heterocycles. The van der Waals surface area contributed by atoms with Gasteiger partial charge >= 0.3 is 0 Å². The number of nitrogens with one attached hydrogen (secondary N) is 1. The second kappa shape index (κ2) is 2.83. The summed E-state index contributed by atoms with van der Waals surface area (Å²) in [4.78, 5) is 1.28. The molecule has 1 heterocycles. The highest BCUT2D eigenvalue weighted by molar-refractivity contribution is 7.98. The lowest BCUT2D eigenvalue weighted by atomic mass is 10.2. The minimum Gasteiger partial charge on any atom is -0.282 e. The molecule has 0 aliphatic rings. The molecule has 0 bridgehead atoms. The Morgan fingerprint density at radius 3 is 3.00 bits per heavy atom. The largest absolute Gasteiger partial charge is 0.282 e. The first-order valence-electron chi connectivity index (χ1n) is 3.80. The average Bonchev–Trinajstić information content (AvgIpc) is 2.47. The van der Waals surface area contributed by atoms with Crippen LogP contribution in [0.25, 0.3) is 10.9 Å². The molecule has 0 saturated carbocycles. The summed E-state index contributed by atoms with van der Waals surface area (Å²) in [7, 11) is 0. The number of rotatable bonds is 1. The summed E-state index contributed by atoms with van der Waals surface area (Å²) in [5, 5.41) is 8.35. The Balaban J connectivity index is 2.71. The number of aromatic amines is 1. The fourth-order valence-corrected chi connectivity index (χ4v) is 1.68. The summed E-state index contributed by atoms with van der Waals surface area (Å²) in [6.07, 6.45) is 2.08. The van der Waals surface area contributed by atoms with Crippen LogP contribution in [-0.4, -0.2) is 16.5 Å². The van der Waals surface area contributed by atoms with Crippen molar-refractivity contribution in [3.8, 4) is 0 Å². The number of H-pyrrole nitrogens is 1. The van der Waals surface area contributed by atoms with E-state index in [0.717, 1.165) is 11.2 Å². The maximum absolute atomic E-state index is 4.16. The first-order chi connectivity index (χ1) is 5.81. The molecule has 0 fully saturated rings. The van der Waals surface area contributed by atoms with Gasteiger partial charge in [0.15, 0.2) is 0 Å². The second-order valence-corrected chi connectivity index (χ2v) is 3.61. The zero-order chi connectivity index (χ0) is 8.55. The van der Waals surface area contributed by atoms with Crippen molar-refractivity contribution in [1.82, 2.24) is 10.2 Å². The van der Waals surface area contributed by atoms with Crippen LogP contribution in [0.2, 0.25) is 0 Å². The number of aromatic nitrogens is 2. The van der Waals surface area contributed by atoms with Crippen LogP contribution in [0, 0.1) is 6.92 Å². The van der Waals surface area contributed by atoms with E-state index in [0.29, 0.717) is 0 Å². The number of aryl methyl sites for hydroxylation is 1. The van der Waals surface area contributed by atoms with Crippen LogP contribution < -0.4 is 0 Å². The fourth-order valence-electron chi connectivity index (χ4n) is 1.24. The van der Waals surface area contributed by atoms with E-state index in [-0.39, 0.29) is 0 Å². The third-order valence-electron chi connectivity index (χ3n) is 1.95. The summed E-state index contributed by atoms with van der Waals surface area (Å²) < 4.78 is 0. The third kappa shape index (κ3) is 1.10. The Morgan fingerprint density at radius 1 is 1.42 bits per heavy atom. The van der Waals surface area contributed by atoms with Crippen LogP contribution in [0.3, 0.4) is 0 Å². The van der Waals surface area contributed by atoms with Gasteiger partial charge in [-0.3, -0.25) is 5.10 Å². The highest BCUT2D eigenvalue weighted by atomic mass is 32.2. The van der Waals surface area contributed by atoms with E-state index in [1.165, 1.54) is 10.3 Å². The van der Waals surface area contributed by atoms with E-state index < -0.39 is 0 Å². The van der Waals surface area contributed by atoms with Crippen molar-refractivity contribution in [1.29, 1.82) is 0 Å². The fraction of sp³-hybridized carbons (Fsp3) is 0.222. The Morgan fingerprint density at radius 2 is 2.25 bits per heavy atom. The highest BCUT2D eigenvalue weighted by Gasteiger charge is 2.00. The van der Waals surface area contributed by atoms with Gasteiger partial charge in [-0.2, -0.15) is 5.10 Å². The van der Waals surface area contributed by atoms with Crippen molar-refractivity contribution in [3.63, 3.8) is 0 Å². The number of hydrogen-bond acceptors (Lipinski definition) is 2. The van der Waals surface area contributed by atoms with E-state index in [2.05, 4.69) is 28.6 Å². The van der Waals surface area contributed by atoms with E-state index in [4.69, 9.17) is 0 Å². The van der Waals surface area contributed by atoms with Crippen molar-refractivity contribution < 1.29 is 0 Å². The number of thioether (sulfide) groups is 1. The van der Waals surface area contributed by atoms with Crippen molar-refractivity contribution in [3.05, 3.63) is 23.9 Å². The lowest BCUT2D eigenvalue weighted by Crippen LogP contribution is -1.72. The average molecular weight is 178 g/mol. The molecule has 2 rings (SSSR count). The quantitative estimate of drug-likeness (QED) is 0.680. The van der Waals surface area contributed by atoms with Crippen molar-refractivity contribution in [2.45, 2.75) is 11.8 Å². The Kier molecular flexibility index (Phi) is 1.81. The first kappa shape index (κ1) is 7.68. The number of hydrogen-bond donors (Lipinski definition) is 1. The molecule has 1 N–H and O–H groups in total. The van der Waals surface area contributed by atoms with Crippen LogP contribution in [-0.2, 0) is 0 Å². The summed E-state index contributed by atoms with van der Waals surface area (Å²) in [5.41, 5.74) is 2.19. The van der Waals surface area contributed by atoms with Gasteiger partial charge in [0.1, 0.15) is 0 Å². The van der Waals surface area contributed by atoms with E-state index >= 15 is 0 Å². The Hall–Kier alpha value is -0.960. The molecule has 0 aliphatic heterocycles. The monoisotopic (exact) mass is 178 g/mol. The number of benzene rings is 1. The van der Waals surface area contributed by atoms with Gasteiger partial charge in [0.25, 0.3) is 0 Å². The number of fused-ring (bicyclic) bond motifs is 1. The molecule has 62 valence electrons. The lowest BCUT2D eigenvalue weighted by Gasteiger charge is -1.94. The predicted molar refractivity (Wildman–Crippen MR) is 52.6 cm³/mol. The standard InChI is InChI=1S/C9H10N2S/c1-6-8-5-7(12-2)3-4-9(8)11-10-6/h3-5H,1-2H3,(H,10,11). The number of nitrogens with zero attached hydrogens (tertiary/aromatic N) is 1. The molecule has 0 spiro atoms. The summed E-state index contributed by atoms with van der Waals surface area (Å²) >= 11 is 1.75. The van der Waals surface area contributed by atoms with Gasteiger partial charge < -0.3 is 0 Å². The topological polar surface area (TPSA) is 28.7 Å². The summed E-state index contributed by atoms with van der Waals surface area (Å²) in [6.45, 7) is 2.04. The van der Waals surface area contributed by atoms with E-state index in [1.54, 1.807) is 11.8 Å². The summed E-state index contributed by atoms with van der Waals surface area (Å²) in [6, 6.07) is 6.30. The van der Waals surface area contributed by atoms with Crippen molar-refractivity contribution in [2.75, 3.05) is 6.26 Å². The second-order valence-electron chi connectivity index (χ2n) is 2.73. The predicted octanol–water partition coefficient (Wildman–Crippen LogP) is 2.59. The maximum atomic E-state index is 4.16. The molecule has 0 atom stereocenters. The Bertz CT molecular complexity index is 406. The van der Waals surface area contributed by atoms with Gasteiger partial charge in [-0.25, -0.2) is 0 Å². The van der Waals surface area contributed by atoms with Gasteiger partial charge in [0.2, 0.25) is 0 Å². The minimum absolute atomic E-state index is 1.05. The molecule has 0 amide bonds. The van der Waals surface area contributed by atoms with Crippen molar-refractivity contribution in [2.24, 2.45) is 0 Å². The molecule has 2 aromatic rings. The molecule has 1 aromatic carbocycles. The normalized spacial score (nSPS) is 10.8. The first-order valence-corrected chi connectivity index (χ1v) is 5.02. The molecular weight excluding hydrogens is 168 g/mol. The van der Waals surface area contributed by atoms with Crippen LogP contribution in [0.1, 0.15) is 5.69 Å². The van der Waals surface area contributed by atoms with Crippen LogP contribution >= 0.6 is 11.8 Å². The lowest BCUT2D eigenvalue weighted by molar-refractivity contribution is 1.07. The van der Waals surface area contributed by atoms with Crippen LogP contribution in [0.5, 0.6) is 0 Å². The van der Waals surface area contributed by atoms with Crippen LogP contribution in [0.4, 0.5) is 0 Å². The SMILES string of the molecule is CSc1ccc2n[nH]c(C)c2c1. The smallest absolute Gasteiger partial charge is 0.0924 e. The van der Waals surface area contributed by atoms with Gasteiger partial charge in [0, 0.05) is 16.0 Å². The van der Waals surface area contributed by atoms with Gasteiger partial charge in [0.05, 0.1) is 5.52 Å². The third-order valence-corrected chi connectivity index (χ3v) is 2.68. The molecule has 0 radical (unpaired) electrons. The highest BCUT2D eigenvalue weighted by Crippen LogP contribution is 2.22. The van der Waals surface area contributed by atoms with E-state index in [9.17, 15) is 0 Å². The zero-order valence-electron chi connectivity index (χ0n) is 7.09. The van der Waals surface area contributed by atoms with Gasteiger partial charge in [-0.05, 0) is 31.4 Å². The van der Waals surface area contributed by atoms with E-state index in [1.807, 2.05) is 13.0 Å². The molecule has 0 unspecified atom stereocenters. The van der Waals surface area contributed by atoms with Crippen LogP contribution in [0.15, 0.2) is 23.1 Å². The van der Waals surface area contributed by atoms with Gasteiger partial charge in [-0.15, -0.1) is 11.8 Å². The minimum atomic E-state index is 1.05. The molecule has 3 heteroatoms. The van der Waals surface area contributed by atoms with Crippen molar-refractivity contribution >= 4 is 22.7 Å². The maximum Gasteiger partial charge on any atom is 0.0924 e. The molecule has 0 aliphatic carbocycles. The zero-order valence-corrected chi connectivity index (χ0v) is 7.90. The molecule has 1 aromatic heterocycles. The molecule has 12 heavy (non-hydrogen) atoms. The Labute approximate surface area is 75.4 Å². The summed E-state index contributed by atoms with van der Waals surface area (Å²) in [5.74, 6) is 0. The van der Waals surface area contributed by atoms with Gasteiger partial charge in [-0.1, -0.05) is 0 Å².